The first-order valence-electron chi connectivity index (χ1n) is 10.3. The van der Waals surface area contributed by atoms with Crippen LogP contribution >= 0.6 is 11.8 Å². The van der Waals surface area contributed by atoms with E-state index < -0.39 is 6.04 Å². The number of aromatic nitrogens is 3. The Kier molecular flexibility index (Phi) is 4.61. The van der Waals surface area contributed by atoms with Gasteiger partial charge in [-0.2, -0.15) is 0 Å². The van der Waals surface area contributed by atoms with Crippen molar-refractivity contribution < 1.29 is 9.59 Å². The third-order valence-corrected chi connectivity index (χ3v) is 7.77. The molecule has 2 unspecified atom stereocenters. The van der Waals surface area contributed by atoms with Crippen molar-refractivity contribution in [2.45, 2.75) is 62.9 Å². The van der Waals surface area contributed by atoms with Gasteiger partial charge in [-0.3, -0.25) is 9.59 Å². The van der Waals surface area contributed by atoms with Crippen LogP contribution in [-0.2, 0) is 22.6 Å². The molecule has 1 N–H and O–H groups in total. The Hall–Kier alpha value is -2.35. The second-order valence-electron chi connectivity index (χ2n) is 8.23. The molecule has 3 aliphatic rings. The zero-order chi connectivity index (χ0) is 20.0. The minimum atomic E-state index is -0.396. The topological polar surface area (TPSA) is 80.1 Å². The van der Waals surface area contributed by atoms with Gasteiger partial charge in [-0.05, 0) is 50.5 Å². The molecule has 0 bridgehead atoms. The fourth-order valence-electron chi connectivity index (χ4n) is 4.64. The standard InChI is InChI=1S/C21H25N5O2S/c1-21-11-10-18(27)26(21)16(13-29-21)20(28)22-15-8-6-14(7-9-15)19-24-23-17-5-3-2-4-12-25(17)19/h6-9,16H,2-5,10-13H2,1H3,(H,22,28). The summed E-state index contributed by atoms with van der Waals surface area (Å²) < 4.78 is 2.22. The first-order valence-corrected chi connectivity index (χ1v) is 11.3. The van der Waals surface area contributed by atoms with Crippen LogP contribution in [0.3, 0.4) is 0 Å². The first kappa shape index (κ1) is 18.7. The molecular formula is C21H25N5O2S. The zero-order valence-electron chi connectivity index (χ0n) is 16.6. The van der Waals surface area contributed by atoms with E-state index in [0.29, 0.717) is 12.2 Å². The molecule has 2 saturated heterocycles. The number of aryl methyl sites for hydroxylation is 1. The number of amides is 2. The Labute approximate surface area is 174 Å². The molecule has 2 fully saturated rings. The van der Waals surface area contributed by atoms with E-state index in [4.69, 9.17) is 0 Å². The number of nitrogens with one attached hydrogen (secondary N) is 1. The molecular weight excluding hydrogens is 386 g/mol. The summed E-state index contributed by atoms with van der Waals surface area (Å²) in [5.41, 5.74) is 1.74. The fourth-order valence-corrected chi connectivity index (χ4v) is 6.07. The molecule has 3 aliphatic heterocycles. The number of hydrogen-bond donors (Lipinski definition) is 1. The quantitative estimate of drug-likeness (QED) is 0.840. The number of thioether (sulfide) groups is 1. The van der Waals surface area contributed by atoms with Crippen LogP contribution < -0.4 is 5.32 Å². The summed E-state index contributed by atoms with van der Waals surface area (Å²) in [6, 6.07) is 7.36. The van der Waals surface area contributed by atoms with Crippen molar-refractivity contribution in [1.29, 1.82) is 0 Å². The van der Waals surface area contributed by atoms with E-state index in [0.717, 1.165) is 48.7 Å². The van der Waals surface area contributed by atoms with E-state index in [1.807, 2.05) is 24.3 Å². The second-order valence-corrected chi connectivity index (χ2v) is 9.74. The molecule has 0 radical (unpaired) electrons. The van der Waals surface area contributed by atoms with Crippen LogP contribution in [0.2, 0.25) is 0 Å². The highest BCUT2D eigenvalue weighted by molar-refractivity contribution is 8.01. The molecule has 2 amide bonds. The molecule has 8 heteroatoms. The van der Waals surface area contributed by atoms with Crippen molar-refractivity contribution in [2.75, 3.05) is 11.1 Å². The Morgan fingerprint density at radius 3 is 2.83 bits per heavy atom. The summed E-state index contributed by atoms with van der Waals surface area (Å²) in [5, 5.41) is 11.7. The smallest absolute Gasteiger partial charge is 0.248 e. The van der Waals surface area contributed by atoms with Crippen LogP contribution in [0, 0.1) is 0 Å². The third-order valence-electron chi connectivity index (χ3n) is 6.27. The lowest BCUT2D eigenvalue weighted by molar-refractivity contribution is -0.135. The summed E-state index contributed by atoms with van der Waals surface area (Å²) in [6.45, 7) is 3.02. The van der Waals surface area contributed by atoms with Crippen LogP contribution in [0.15, 0.2) is 24.3 Å². The molecule has 2 atom stereocenters. The fraction of sp³-hybridized carbons (Fsp3) is 0.524. The Morgan fingerprint density at radius 1 is 1.17 bits per heavy atom. The van der Waals surface area contributed by atoms with Crippen LogP contribution in [0.5, 0.6) is 0 Å². The third kappa shape index (κ3) is 3.23. The van der Waals surface area contributed by atoms with Gasteiger partial charge in [-0.25, -0.2) is 0 Å². The molecule has 0 saturated carbocycles. The van der Waals surface area contributed by atoms with Gasteiger partial charge in [0.15, 0.2) is 5.82 Å². The normalized spacial score (nSPS) is 26.2. The lowest BCUT2D eigenvalue weighted by Crippen LogP contribution is -2.48. The van der Waals surface area contributed by atoms with E-state index in [-0.39, 0.29) is 16.7 Å². The number of nitrogens with zero attached hydrogens (tertiary/aromatic N) is 4. The first-order chi connectivity index (χ1) is 14.0. The predicted molar refractivity (Wildman–Crippen MR) is 112 cm³/mol. The van der Waals surface area contributed by atoms with Crippen molar-refractivity contribution >= 4 is 29.3 Å². The van der Waals surface area contributed by atoms with Gasteiger partial charge >= 0.3 is 0 Å². The molecule has 1 aromatic heterocycles. The number of benzene rings is 1. The van der Waals surface area contributed by atoms with Crippen LogP contribution in [-0.4, -0.2) is 48.1 Å². The van der Waals surface area contributed by atoms with Gasteiger partial charge in [0.2, 0.25) is 11.8 Å². The largest absolute Gasteiger partial charge is 0.324 e. The van der Waals surface area contributed by atoms with Gasteiger partial charge in [0, 0.05) is 36.4 Å². The molecule has 0 aliphatic carbocycles. The Bertz CT molecular complexity index is 956. The molecule has 29 heavy (non-hydrogen) atoms. The Balaban J connectivity index is 1.31. The average Bonchev–Trinajstić information content (AvgIpc) is 3.30. The van der Waals surface area contributed by atoms with E-state index in [1.54, 1.807) is 16.7 Å². The number of anilines is 1. The number of hydrogen-bond acceptors (Lipinski definition) is 5. The van der Waals surface area contributed by atoms with Crippen LogP contribution in [0.4, 0.5) is 5.69 Å². The lowest BCUT2D eigenvalue weighted by atomic mass is 10.1. The van der Waals surface area contributed by atoms with Crippen LogP contribution in [0.25, 0.3) is 11.4 Å². The summed E-state index contributed by atoms with van der Waals surface area (Å²) in [7, 11) is 0. The van der Waals surface area contributed by atoms with Crippen molar-refractivity contribution in [1.82, 2.24) is 19.7 Å². The summed E-state index contributed by atoms with van der Waals surface area (Å²) in [5.74, 6) is 2.58. The molecule has 0 spiro atoms. The van der Waals surface area contributed by atoms with E-state index in [9.17, 15) is 9.59 Å². The summed E-state index contributed by atoms with van der Waals surface area (Å²) in [4.78, 5) is 26.7. The Morgan fingerprint density at radius 2 is 2.00 bits per heavy atom. The van der Waals surface area contributed by atoms with Gasteiger partial charge in [0.1, 0.15) is 11.9 Å². The van der Waals surface area contributed by atoms with Crippen molar-refractivity contribution in [3.63, 3.8) is 0 Å². The highest BCUT2D eigenvalue weighted by atomic mass is 32.2. The SMILES string of the molecule is CC12CCC(=O)N1C(C(=O)Nc1ccc(-c3nnc4n3CCCCC4)cc1)CS2. The summed E-state index contributed by atoms with van der Waals surface area (Å²) >= 11 is 1.71. The number of carbonyl (C=O) groups excluding carboxylic acids is 2. The molecule has 1 aromatic carbocycles. The molecule has 152 valence electrons. The van der Waals surface area contributed by atoms with E-state index >= 15 is 0 Å². The van der Waals surface area contributed by atoms with Crippen molar-refractivity contribution in [3.05, 3.63) is 30.1 Å². The maximum absolute atomic E-state index is 12.8. The highest BCUT2D eigenvalue weighted by Gasteiger charge is 2.52. The average molecular weight is 412 g/mol. The van der Waals surface area contributed by atoms with Gasteiger partial charge in [0.05, 0.1) is 4.87 Å². The van der Waals surface area contributed by atoms with Gasteiger partial charge in [-0.1, -0.05) is 6.42 Å². The number of carbonyl (C=O) groups is 2. The van der Waals surface area contributed by atoms with Gasteiger partial charge in [0.25, 0.3) is 0 Å². The monoisotopic (exact) mass is 411 g/mol. The number of rotatable bonds is 3. The summed E-state index contributed by atoms with van der Waals surface area (Å²) in [6.07, 6.45) is 5.88. The molecule has 5 rings (SSSR count). The molecule has 4 heterocycles. The van der Waals surface area contributed by atoms with E-state index in [2.05, 4.69) is 27.0 Å². The number of fused-ring (bicyclic) bond motifs is 2. The van der Waals surface area contributed by atoms with Crippen molar-refractivity contribution in [3.8, 4) is 11.4 Å². The van der Waals surface area contributed by atoms with Crippen LogP contribution in [0.1, 0.15) is 44.9 Å². The molecule has 2 aromatic rings. The maximum Gasteiger partial charge on any atom is 0.248 e. The van der Waals surface area contributed by atoms with Gasteiger partial charge < -0.3 is 14.8 Å². The van der Waals surface area contributed by atoms with E-state index in [1.165, 1.54) is 12.8 Å². The minimum Gasteiger partial charge on any atom is -0.324 e. The predicted octanol–water partition coefficient (Wildman–Crippen LogP) is 3.06. The minimum absolute atomic E-state index is 0.0838. The zero-order valence-corrected chi connectivity index (χ0v) is 17.4. The second kappa shape index (κ2) is 7.16. The maximum atomic E-state index is 12.8. The van der Waals surface area contributed by atoms with Gasteiger partial charge in [-0.15, -0.1) is 22.0 Å². The molecule has 7 nitrogen and oxygen atoms in total. The highest BCUT2D eigenvalue weighted by Crippen LogP contribution is 2.47. The lowest BCUT2D eigenvalue weighted by Gasteiger charge is -2.29. The van der Waals surface area contributed by atoms with Crippen molar-refractivity contribution in [2.24, 2.45) is 0 Å².